The smallest absolute Gasteiger partial charge is 0.221 e. The topological polar surface area (TPSA) is 50.3 Å². The Morgan fingerprint density at radius 3 is 2.82 bits per heavy atom. The molecule has 0 saturated carbocycles. The molecule has 22 heavy (non-hydrogen) atoms. The first kappa shape index (κ1) is 13.7. The molecule has 5 heteroatoms. The van der Waals surface area contributed by atoms with Crippen molar-refractivity contribution in [1.29, 1.82) is 0 Å². The van der Waals surface area contributed by atoms with E-state index in [1.165, 1.54) is 5.56 Å². The number of benzene rings is 1. The maximum absolute atomic E-state index is 6.01. The van der Waals surface area contributed by atoms with E-state index in [0.717, 1.165) is 56.3 Å². The summed E-state index contributed by atoms with van der Waals surface area (Å²) in [7, 11) is 0. The van der Waals surface area contributed by atoms with Gasteiger partial charge in [-0.2, -0.15) is 0 Å². The van der Waals surface area contributed by atoms with E-state index in [9.17, 15) is 0 Å². The van der Waals surface area contributed by atoms with Crippen LogP contribution in [0.15, 0.2) is 36.7 Å². The highest BCUT2D eigenvalue weighted by atomic mass is 16.5. The number of fused-ring (bicyclic) bond motifs is 1. The van der Waals surface area contributed by atoms with E-state index in [1.807, 2.05) is 0 Å². The molecule has 4 rings (SSSR count). The van der Waals surface area contributed by atoms with Crippen LogP contribution in [0.4, 0.5) is 0 Å². The van der Waals surface area contributed by atoms with E-state index in [1.54, 1.807) is 6.33 Å². The Balaban J connectivity index is 1.51. The van der Waals surface area contributed by atoms with Crippen molar-refractivity contribution in [1.82, 2.24) is 20.2 Å². The van der Waals surface area contributed by atoms with Crippen molar-refractivity contribution in [2.45, 2.75) is 25.6 Å². The lowest BCUT2D eigenvalue weighted by atomic mass is 10.1. The summed E-state index contributed by atoms with van der Waals surface area (Å²) in [4.78, 5) is 11.2. The van der Waals surface area contributed by atoms with Crippen LogP contribution in [0.1, 0.15) is 16.8 Å². The van der Waals surface area contributed by atoms with Gasteiger partial charge in [0, 0.05) is 44.7 Å². The molecule has 2 aromatic rings. The Morgan fingerprint density at radius 2 is 2.05 bits per heavy atom. The molecule has 0 unspecified atom stereocenters. The summed E-state index contributed by atoms with van der Waals surface area (Å²) in [5.41, 5.74) is 3.65. The summed E-state index contributed by atoms with van der Waals surface area (Å²) < 4.78 is 6.01. The van der Waals surface area contributed by atoms with Gasteiger partial charge in [0.05, 0.1) is 5.69 Å². The first-order chi connectivity index (χ1) is 10.9. The summed E-state index contributed by atoms with van der Waals surface area (Å²) >= 11 is 0. The predicted molar refractivity (Wildman–Crippen MR) is 83.6 cm³/mol. The zero-order chi connectivity index (χ0) is 14.8. The van der Waals surface area contributed by atoms with Crippen LogP contribution in [-0.2, 0) is 19.5 Å². The first-order valence-electron chi connectivity index (χ1n) is 7.85. The average Bonchev–Trinajstić information content (AvgIpc) is 2.52. The van der Waals surface area contributed by atoms with Crippen molar-refractivity contribution >= 4 is 0 Å². The van der Waals surface area contributed by atoms with Gasteiger partial charge < -0.3 is 10.1 Å². The number of nitrogens with one attached hydrogen (secondary N) is 1. The number of nitrogens with zero attached hydrogens (tertiary/aromatic N) is 3. The quantitative estimate of drug-likeness (QED) is 0.924. The molecule has 5 nitrogen and oxygen atoms in total. The Bertz CT molecular complexity index is 642. The number of hydrogen-bond donors (Lipinski definition) is 1. The number of hydrogen-bond acceptors (Lipinski definition) is 5. The molecule has 0 aliphatic carbocycles. The number of rotatable bonds is 4. The zero-order valence-corrected chi connectivity index (χ0v) is 12.5. The summed E-state index contributed by atoms with van der Waals surface area (Å²) in [6.45, 7) is 4.67. The van der Waals surface area contributed by atoms with Gasteiger partial charge in [-0.3, -0.25) is 4.90 Å². The molecule has 0 amide bonds. The SMILES string of the molecule is c1ccc(CN2CCc3ncnc(OC4CNC4)c3C2)cc1. The fourth-order valence-electron chi connectivity index (χ4n) is 2.95. The number of ether oxygens (including phenoxy) is 1. The van der Waals surface area contributed by atoms with Crippen LogP contribution in [0, 0.1) is 0 Å². The lowest BCUT2D eigenvalue weighted by Gasteiger charge is -2.32. The van der Waals surface area contributed by atoms with Crippen LogP contribution in [0.25, 0.3) is 0 Å². The maximum Gasteiger partial charge on any atom is 0.221 e. The van der Waals surface area contributed by atoms with E-state index in [-0.39, 0.29) is 6.10 Å². The molecule has 0 atom stereocenters. The van der Waals surface area contributed by atoms with Crippen LogP contribution in [-0.4, -0.2) is 40.6 Å². The third kappa shape index (κ3) is 2.82. The van der Waals surface area contributed by atoms with Gasteiger partial charge in [0.2, 0.25) is 5.88 Å². The fraction of sp³-hybridized carbons (Fsp3) is 0.412. The van der Waals surface area contributed by atoms with E-state index in [0.29, 0.717) is 0 Å². The summed E-state index contributed by atoms with van der Waals surface area (Å²) in [5, 5.41) is 3.22. The maximum atomic E-state index is 6.01. The molecule has 2 aliphatic rings. The van der Waals surface area contributed by atoms with Gasteiger partial charge in [0.15, 0.2) is 0 Å². The molecule has 1 aromatic carbocycles. The second kappa shape index (κ2) is 6.02. The van der Waals surface area contributed by atoms with Crippen LogP contribution < -0.4 is 10.1 Å². The largest absolute Gasteiger partial charge is 0.471 e. The minimum absolute atomic E-state index is 0.253. The molecule has 2 aliphatic heterocycles. The predicted octanol–water partition coefficient (Wildman–Crippen LogP) is 1.39. The summed E-state index contributed by atoms with van der Waals surface area (Å²) in [5.74, 6) is 0.772. The molecule has 1 N–H and O–H groups in total. The molecule has 0 bridgehead atoms. The van der Waals surface area contributed by atoms with Crippen molar-refractivity contribution in [2.24, 2.45) is 0 Å². The Kier molecular flexibility index (Phi) is 3.74. The highest BCUT2D eigenvalue weighted by Crippen LogP contribution is 2.26. The average molecular weight is 296 g/mol. The van der Waals surface area contributed by atoms with Crippen molar-refractivity contribution in [3.05, 3.63) is 53.5 Å². The second-order valence-electron chi connectivity index (χ2n) is 5.95. The molecular weight excluding hydrogens is 276 g/mol. The molecule has 0 spiro atoms. The van der Waals surface area contributed by atoms with E-state index in [4.69, 9.17) is 4.74 Å². The van der Waals surface area contributed by atoms with E-state index < -0.39 is 0 Å². The molecule has 1 aromatic heterocycles. The molecule has 1 fully saturated rings. The standard InChI is InChI=1S/C17H20N4O/c1-2-4-13(5-3-1)10-21-7-6-16-15(11-21)17(20-12-19-16)22-14-8-18-9-14/h1-5,12,14,18H,6-11H2. The van der Waals surface area contributed by atoms with Gasteiger partial charge >= 0.3 is 0 Å². The Morgan fingerprint density at radius 1 is 1.18 bits per heavy atom. The monoisotopic (exact) mass is 296 g/mol. The van der Waals surface area contributed by atoms with Crippen LogP contribution in [0.2, 0.25) is 0 Å². The van der Waals surface area contributed by atoms with E-state index in [2.05, 4.69) is 50.5 Å². The molecule has 114 valence electrons. The van der Waals surface area contributed by atoms with Gasteiger partial charge in [0.25, 0.3) is 0 Å². The summed E-state index contributed by atoms with van der Waals surface area (Å²) in [6.07, 6.45) is 2.85. The first-order valence-corrected chi connectivity index (χ1v) is 7.85. The van der Waals surface area contributed by atoms with Gasteiger partial charge in [-0.25, -0.2) is 9.97 Å². The fourth-order valence-corrected chi connectivity index (χ4v) is 2.95. The molecule has 1 saturated heterocycles. The lowest BCUT2D eigenvalue weighted by molar-refractivity contribution is 0.130. The van der Waals surface area contributed by atoms with Crippen molar-refractivity contribution in [3.8, 4) is 5.88 Å². The normalized spacial score (nSPS) is 18.5. The second-order valence-corrected chi connectivity index (χ2v) is 5.95. The van der Waals surface area contributed by atoms with Crippen LogP contribution >= 0.6 is 0 Å². The zero-order valence-electron chi connectivity index (χ0n) is 12.5. The van der Waals surface area contributed by atoms with Gasteiger partial charge in [-0.05, 0) is 5.56 Å². The highest BCUT2D eigenvalue weighted by molar-refractivity contribution is 5.32. The summed E-state index contributed by atoms with van der Waals surface area (Å²) in [6, 6.07) is 10.6. The van der Waals surface area contributed by atoms with Crippen LogP contribution in [0.3, 0.4) is 0 Å². The van der Waals surface area contributed by atoms with Crippen molar-refractivity contribution in [2.75, 3.05) is 19.6 Å². The molecule has 3 heterocycles. The third-order valence-electron chi connectivity index (χ3n) is 4.31. The van der Waals surface area contributed by atoms with Gasteiger partial charge in [0.1, 0.15) is 12.4 Å². The van der Waals surface area contributed by atoms with Gasteiger partial charge in [-0.1, -0.05) is 30.3 Å². The highest BCUT2D eigenvalue weighted by Gasteiger charge is 2.25. The van der Waals surface area contributed by atoms with Crippen molar-refractivity contribution in [3.63, 3.8) is 0 Å². The van der Waals surface area contributed by atoms with Crippen LogP contribution in [0.5, 0.6) is 5.88 Å². The van der Waals surface area contributed by atoms with Gasteiger partial charge in [-0.15, -0.1) is 0 Å². The number of aromatic nitrogens is 2. The minimum atomic E-state index is 0.253. The Hall–Kier alpha value is -1.98. The lowest BCUT2D eigenvalue weighted by Crippen LogP contribution is -2.50. The van der Waals surface area contributed by atoms with E-state index >= 15 is 0 Å². The minimum Gasteiger partial charge on any atom is -0.471 e. The molecule has 0 radical (unpaired) electrons. The molecular formula is C17H20N4O. The third-order valence-corrected chi connectivity index (χ3v) is 4.31. The van der Waals surface area contributed by atoms with Crippen molar-refractivity contribution < 1.29 is 4.74 Å². The Labute approximate surface area is 130 Å².